The molecule has 6 heteroatoms. The van der Waals surface area contributed by atoms with Crippen molar-refractivity contribution in [3.63, 3.8) is 0 Å². The highest BCUT2D eigenvalue weighted by atomic mass is 35.5. The number of para-hydroxylation sites is 2. The summed E-state index contributed by atoms with van der Waals surface area (Å²) in [5.74, 6) is 2.06. The normalized spacial score (nSPS) is 10.0. The molecular weight excluding hydrogens is 320 g/mol. The summed E-state index contributed by atoms with van der Waals surface area (Å²) < 4.78 is 21.6. The largest absolute Gasteiger partial charge is 0.493 e. The average molecular weight is 337 g/mol. The standard InChI is InChI=1S/C17H17ClO5/c1-20-14-5-3-4-6-15(14)22-7-8-23-17-13(18)9-12(11-19)10-16(17)21-2/h3-6,9-11H,7-8H2,1-2H3. The molecule has 2 aromatic rings. The van der Waals surface area contributed by atoms with Gasteiger partial charge in [-0.05, 0) is 24.3 Å². The molecule has 0 aliphatic heterocycles. The molecule has 0 atom stereocenters. The lowest BCUT2D eigenvalue weighted by Gasteiger charge is -2.14. The van der Waals surface area contributed by atoms with Crippen molar-refractivity contribution < 1.29 is 23.7 Å². The number of hydrogen-bond donors (Lipinski definition) is 0. The van der Waals surface area contributed by atoms with Crippen LogP contribution in [0.5, 0.6) is 23.0 Å². The lowest BCUT2D eigenvalue weighted by atomic mass is 10.2. The summed E-state index contributed by atoms with van der Waals surface area (Å²) in [5, 5.41) is 0.309. The molecule has 0 aliphatic rings. The molecule has 122 valence electrons. The van der Waals surface area contributed by atoms with Gasteiger partial charge in [-0.2, -0.15) is 0 Å². The van der Waals surface area contributed by atoms with Gasteiger partial charge < -0.3 is 18.9 Å². The van der Waals surface area contributed by atoms with Gasteiger partial charge in [-0.15, -0.1) is 0 Å². The predicted molar refractivity (Wildman–Crippen MR) is 87.4 cm³/mol. The van der Waals surface area contributed by atoms with Crippen LogP contribution >= 0.6 is 11.6 Å². The summed E-state index contributed by atoms with van der Waals surface area (Å²) in [6.07, 6.45) is 0.697. The van der Waals surface area contributed by atoms with Crippen molar-refractivity contribution in [1.29, 1.82) is 0 Å². The number of methoxy groups -OCH3 is 2. The van der Waals surface area contributed by atoms with Crippen LogP contribution < -0.4 is 18.9 Å². The molecule has 0 amide bonds. The molecule has 0 heterocycles. The van der Waals surface area contributed by atoms with E-state index in [1.807, 2.05) is 24.3 Å². The van der Waals surface area contributed by atoms with Gasteiger partial charge >= 0.3 is 0 Å². The third-order valence-corrected chi connectivity index (χ3v) is 3.32. The Bertz CT molecular complexity index is 672. The maximum Gasteiger partial charge on any atom is 0.179 e. The topological polar surface area (TPSA) is 54.0 Å². The van der Waals surface area contributed by atoms with Crippen LogP contribution in [0.25, 0.3) is 0 Å². The number of aldehydes is 1. The molecule has 0 saturated heterocycles. The molecule has 0 unspecified atom stereocenters. The Morgan fingerprint density at radius 3 is 2.26 bits per heavy atom. The van der Waals surface area contributed by atoms with E-state index in [4.69, 9.17) is 30.5 Å². The summed E-state index contributed by atoms with van der Waals surface area (Å²) in [5.41, 5.74) is 0.421. The van der Waals surface area contributed by atoms with Crippen molar-refractivity contribution in [1.82, 2.24) is 0 Å². The summed E-state index contributed by atoms with van der Waals surface area (Å²) in [6, 6.07) is 10.4. The zero-order valence-corrected chi connectivity index (χ0v) is 13.6. The third kappa shape index (κ3) is 4.29. The number of carbonyl (C=O) groups is 1. The lowest BCUT2D eigenvalue weighted by Crippen LogP contribution is -2.10. The number of benzene rings is 2. The lowest BCUT2D eigenvalue weighted by molar-refractivity contribution is 0.112. The van der Waals surface area contributed by atoms with Crippen molar-refractivity contribution in [2.45, 2.75) is 0 Å². The number of rotatable bonds is 8. The van der Waals surface area contributed by atoms with Crippen LogP contribution in [0.1, 0.15) is 10.4 Å². The molecule has 0 radical (unpaired) electrons. The minimum Gasteiger partial charge on any atom is -0.493 e. The van der Waals surface area contributed by atoms with Crippen molar-refractivity contribution >= 4 is 17.9 Å². The molecule has 0 fully saturated rings. The summed E-state index contributed by atoms with van der Waals surface area (Å²) >= 11 is 6.11. The fraction of sp³-hybridized carbons (Fsp3) is 0.235. The van der Waals surface area contributed by atoms with Crippen LogP contribution in [0.3, 0.4) is 0 Å². The Morgan fingerprint density at radius 2 is 1.61 bits per heavy atom. The minimum atomic E-state index is 0.258. The van der Waals surface area contributed by atoms with Gasteiger partial charge in [0, 0.05) is 5.56 Å². The molecule has 0 aromatic heterocycles. The number of halogens is 1. The van der Waals surface area contributed by atoms with Crippen LogP contribution in [0, 0.1) is 0 Å². The highest BCUT2D eigenvalue weighted by Gasteiger charge is 2.12. The quantitative estimate of drug-likeness (QED) is 0.544. The summed E-state index contributed by atoms with van der Waals surface area (Å²) in [4.78, 5) is 10.8. The molecule has 2 aromatic carbocycles. The van der Waals surface area contributed by atoms with Gasteiger partial charge in [0.15, 0.2) is 23.0 Å². The van der Waals surface area contributed by atoms with Crippen molar-refractivity contribution in [3.8, 4) is 23.0 Å². The Kier molecular flexibility index (Phi) is 6.11. The monoisotopic (exact) mass is 336 g/mol. The van der Waals surface area contributed by atoms with Crippen molar-refractivity contribution in [2.75, 3.05) is 27.4 Å². The van der Waals surface area contributed by atoms with Crippen molar-refractivity contribution in [2.24, 2.45) is 0 Å². The first-order valence-electron chi connectivity index (χ1n) is 6.91. The third-order valence-electron chi connectivity index (χ3n) is 3.04. The second-order valence-electron chi connectivity index (χ2n) is 4.50. The van der Waals surface area contributed by atoms with Gasteiger partial charge in [-0.1, -0.05) is 23.7 Å². The zero-order valence-electron chi connectivity index (χ0n) is 12.9. The maximum absolute atomic E-state index is 10.8. The van der Waals surface area contributed by atoms with Crippen LogP contribution in [-0.4, -0.2) is 33.7 Å². The molecule has 0 bridgehead atoms. The second kappa shape index (κ2) is 8.29. The van der Waals surface area contributed by atoms with E-state index in [0.717, 1.165) is 0 Å². The highest BCUT2D eigenvalue weighted by Crippen LogP contribution is 2.36. The van der Waals surface area contributed by atoms with Crippen LogP contribution in [0.15, 0.2) is 36.4 Å². The number of hydrogen-bond acceptors (Lipinski definition) is 5. The first-order chi connectivity index (χ1) is 11.2. The molecule has 23 heavy (non-hydrogen) atoms. The molecule has 0 spiro atoms. The molecular formula is C17H17ClO5. The van der Waals surface area contributed by atoms with Crippen LogP contribution in [0.4, 0.5) is 0 Å². The van der Waals surface area contributed by atoms with Gasteiger partial charge in [0.1, 0.15) is 19.5 Å². The first kappa shape index (κ1) is 17.0. The van der Waals surface area contributed by atoms with Gasteiger partial charge in [0.2, 0.25) is 0 Å². The van der Waals surface area contributed by atoms with E-state index in [0.29, 0.717) is 46.5 Å². The minimum absolute atomic E-state index is 0.258. The first-order valence-corrected chi connectivity index (χ1v) is 7.28. The molecule has 2 rings (SSSR count). The van der Waals surface area contributed by atoms with E-state index >= 15 is 0 Å². The average Bonchev–Trinajstić information content (AvgIpc) is 2.59. The Morgan fingerprint density at radius 1 is 0.957 bits per heavy atom. The van der Waals surface area contributed by atoms with E-state index in [1.54, 1.807) is 13.2 Å². The second-order valence-corrected chi connectivity index (χ2v) is 4.91. The fourth-order valence-electron chi connectivity index (χ4n) is 1.98. The van der Waals surface area contributed by atoms with Gasteiger partial charge in [0.05, 0.1) is 19.2 Å². The van der Waals surface area contributed by atoms with Crippen LogP contribution in [0.2, 0.25) is 5.02 Å². The van der Waals surface area contributed by atoms with Crippen LogP contribution in [-0.2, 0) is 0 Å². The molecule has 0 N–H and O–H groups in total. The SMILES string of the molecule is COc1ccccc1OCCOc1c(Cl)cc(C=O)cc1OC. The Hall–Kier alpha value is -2.40. The van der Waals surface area contributed by atoms with E-state index in [1.165, 1.54) is 13.2 Å². The van der Waals surface area contributed by atoms with E-state index < -0.39 is 0 Å². The number of ether oxygens (including phenoxy) is 4. The van der Waals surface area contributed by atoms with Gasteiger partial charge in [-0.25, -0.2) is 0 Å². The maximum atomic E-state index is 10.8. The van der Waals surface area contributed by atoms with Gasteiger partial charge in [-0.3, -0.25) is 4.79 Å². The van der Waals surface area contributed by atoms with Gasteiger partial charge in [0.25, 0.3) is 0 Å². The molecule has 0 saturated carbocycles. The van der Waals surface area contributed by atoms with E-state index in [-0.39, 0.29) is 6.61 Å². The highest BCUT2D eigenvalue weighted by molar-refractivity contribution is 6.32. The fourth-order valence-corrected chi connectivity index (χ4v) is 2.25. The molecule has 0 aliphatic carbocycles. The smallest absolute Gasteiger partial charge is 0.179 e. The van der Waals surface area contributed by atoms with E-state index in [9.17, 15) is 4.79 Å². The summed E-state index contributed by atoms with van der Waals surface area (Å²) in [6.45, 7) is 0.559. The molecule has 5 nitrogen and oxygen atoms in total. The summed E-state index contributed by atoms with van der Waals surface area (Å²) in [7, 11) is 3.07. The Labute approximate surface area is 139 Å². The number of carbonyl (C=O) groups excluding carboxylic acids is 1. The zero-order chi connectivity index (χ0) is 16.7. The Balaban J connectivity index is 1.97. The van der Waals surface area contributed by atoms with Crippen molar-refractivity contribution in [3.05, 3.63) is 47.0 Å². The predicted octanol–water partition coefficient (Wildman–Crippen LogP) is 3.63. The van der Waals surface area contributed by atoms with E-state index in [2.05, 4.69) is 0 Å².